The zero-order valence-electron chi connectivity index (χ0n) is 10.2. The fourth-order valence-electron chi connectivity index (χ4n) is 1.62. The highest BCUT2D eigenvalue weighted by molar-refractivity contribution is 14.1. The molecule has 2 aromatic heterocycles. The normalized spacial score (nSPS) is 10.6. The molecule has 0 aliphatic carbocycles. The zero-order valence-corrected chi connectivity index (χ0v) is 12.4. The molecule has 0 aliphatic rings. The average molecular weight is 356 g/mol. The third-order valence-corrected chi connectivity index (χ3v) is 3.55. The maximum absolute atomic E-state index is 11.8. The van der Waals surface area contributed by atoms with Crippen molar-refractivity contribution in [2.75, 3.05) is 0 Å². The number of aromatic amines is 1. The third-order valence-electron chi connectivity index (χ3n) is 2.44. The third kappa shape index (κ3) is 2.74. The number of nitrogens with one attached hydrogen (secondary N) is 1. The van der Waals surface area contributed by atoms with Crippen LogP contribution in [0.25, 0.3) is 11.5 Å². The summed E-state index contributed by atoms with van der Waals surface area (Å²) in [6.07, 6.45) is 3.41. The fraction of sp³-hybridized carbons (Fsp3) is 0.333. The molecule has 6 heteroatoms. The molecule has 0 unspecified atom stereocenters. The van der Waals surface area contributed by atoms with E-state index in [1.54, 1.807) is 19.2 Å². The van der Waals surface area contributed by atoms with E-state index < -0.39 is 0 Å². The second kappa shape index (κ2) is 5.55. The summed E-state index contributed by atoms with van der Waals surface area (Å²) < 4.78 is 0.656. The summed E-state index contributed by atoms with van der Waals surface area (Å²) in [6, 6.07) is 1.74. The maximum Gasteiger partial charge on any atom is 0.264 e. The average Bonchev–Trinajstić information content (AvgIpc) is 2.35. The molecule has 1 N–H and O–H groups in total. The van der Waals surface area contributed by atoms with Crippen LogP contribution in [0.4, 0.5) is 0 Å². The highest BCUT2D eigenvalue weighted by Gasteiger charge is 2.10. The first-order chi connectivity index (χ1) is 8.61. The van der Waals surface area contributed by atoms with Crippen molar-refractivity contribution in [1.29, 1.82) is 0 Å². The Morgan fingerprint density at radius 2 is 2.17 bits per heavy atom. The van der Waals surface area contributed by atoms with Crippen LogP contribution in [0.5, 0.6) is 0 Å². The van der Waals surface area contributed by atoms with Gasteiger partial charge in [-0.2, -0.15) is 0 Å². The predicted octanol–water partition coefficient (Wildman–Crippen LogP) is 2.09. The molecule has 18 heavy (non-hydrogen) atoms. The first-order valence-corrected chi connectivity index (χ1v) is 6.78. The van der Waals surface area contributed by atoms with Gasteiger partial charge < -0.3 is 4.98 Å². The van der Waals surface area contributed by atoms with Gasteiger partial charge in [-0.25, -0.2) is 15.0 Å². The van der Waals surface area contributed by atoms with Crippen LogP contribution in [0, 0.1) is 10.5 Å². The molecule has 0 radical (unpaired) electrons. The van der Waals surface area contributed by atoms with Gasteiger partial charge in [-0.15, -0.1) is 0 Å². The Balaban J connectivity index is 2.55. The lowest BCUT2D eigenvalue weighted by atomic mass is 10.2. The number of aromatic nitrogens is 4. The van der Waals surface area contributed by atoms with Gasteiger partial charge in [0.15, 0.2) is 5.82 Å². The van der Waals surface area contributed by atoms with Crippen molar-refractivity contribution in [2.24, 2.45) is 0 Å². The monoisotopic (exact) mass is 356 g/mol. The topological polar surface area (TPSA) is 71.5 Å². The first kappa shape index (κ1) is 13.1. The Morgan fingerprint density at radius 3 is 2.83 bits per heavy atom. The van der Waals surface area contributed by atoms with Gasteiger partial charge in [-0.3, -0.25) is 4.79 Å². The minimum absolute atomic E-state index is 0.111. The lowest BCUT2D eigenvalue weighted by Gasteiger charge is -2.05. The SMILES string of the molecule is CCCc1nc(-c2ccnc(C)n2)[nH]c(=O)c1I. The molecule has 0 aromatic carbocycles. The van der Waals surface area contributed by atoms with E-state index in [9.17, 15) is 4.79 Å². The summed E-state index contributed by atoms with van der Waals surface area (Å²) in [4.78, 5) is 27.4. The fourth-order valence-corrected chi connectivity index (χ4v) is 2.14. The zero-order chi connectivity index (χ0) is 13.1. The van der Waals surface area contributed by atoms with Crippen LogP contribution in [0.1, 0.15) is 24.9 Å². The summed E-state index contributed by atoms with van der Waals surface area (Å²) in [5, 5.41) is 0. The maximum atomic E-state index is 11.8. The summed E-state index contributed by atoms with van der Waals surface area (Å²) in [5.41, 5.74) is 1.36. The lowest BCUT2D eigenvalue weighted by molar-refractivity contribution is 0.857. The highest BCUT2D eigenvalue weighted by Crippen LogP contribution is 2.13. The van der Waals surface area contributed by atoms with Crippen molar-refractivity contribution >= 4 is 22.6 Å². The van der Waals surface area contributed by atoms with Crippen molar-refractivity contribution < 1.29 is 0 Å². The molecular weight excluding hydrogens is 343 g/mol. The lowest BCUT2D eigenvalue weighted by Crippen LogP contribution is -2.16. The number of rotatable bonds is 3. The van der Waals surface area contributed by atoms with E-state index in [-0.39, 0.29) is 5.56 Å². The molecule has 2 rings (SSSR count). The van der Waals surface area contributed by atoms with E-state index in [0.29, 0.717) is 20.9 Å². The van der Waals surface area contributed by atoms with Crippen LogP contribution in [0.2, 0.25) is 0 Å². The van der Waals surface area contributed by atoms with Gasteiger partial charge in [0.1, 0.15) is 11.5 Å². The quantitative estimate of drug-likeness (QED) is 0.855. The van der Waals surface area contributed by atoms with Crippen molar-refractivity contribution in [3.8, 4) is 11.5 Å². The Kier molecular flexibility index (Phi) is 4.05. The van der Waals surface area contributed by atoms with Gasteiger partial charge in [-0.05, 0) is 42.0 Å². The van der Waals surface area contributed by atoms with E-state index in [0.717, 1.165) is 18.5 Å². The smallest absolute Gasteiger partial charge is 0.264 e. The molecule has 0 saturated heterocycles. The van der Waals surface area contributed by atoms with Crippen LogP contribution < -0.4 is 5.56 Å². The number of hydrogen-bond donors (Lipinski definition) is 1. The van der Waals surface area contributed by atoms with E-state index in [1.807, 2.05) is 22.6 Å². The van der Waals surface area contributed by atoms with Gasteiger partial charge in [0.2, 0.25) is 0 Å². The summed E-state index contributed by atoms with van der Waals surface area (Å²) in [7, 11) is 0. The van der Waals surface area contributed by atoms with Gasteiger partial charge in [0, 0.05) is 6.20 Å². The second-order valence-electron chi connectivity index (χ2n) is 3.91. The van der Waals surface area contributed by atoms with Gasteiger partial charge in [-0.1, -0.05) is 13.3 Å². The molecule has 0 saturated carbocycles. The summed E-state index contributed by atoms with van der Waals surface area (Å²) in [5.74, 6) is 1.17. The molecule has 0 aliphatic heterocycles. The Bertz CT molecular complexity index is 624. The molecule has 0 spiro atoms. The minimum atomic E-state index is -0.111. The van der Waals surface area contributed by atoms with Gasteiger partial charge in [0.05, 0.1) is 9.26 Å². The van der Waals surface area contributed by atoms with E-state index >= 15 is 0 Å². The predicted molar refractivity (Wildman–Crippen MR) is 77.3 cm³/mol. The highest BCUT2D eigenvalue weighted by atomic mass is 127. The number of halogens is 1. The van der Waals surface area contributed by atoms with Crippen LogP contribution in [-0.4, -0.2) is 19.9 Å². The van der Waals surface area contributed by atoms with E-state index in [2.05, 4.69) is 26.9 Å². The molecular formula is C12H13IN4O. The molecule has 2 heterocycles. The molecule has 94 valence electrons. The van der Waals surface area contributed by atoms with Crippen LogP contribution in [0.3, 0.4) is 0 Å². The molecule has 0 fully saturated rings. The second-order valence-corrected chi connectivity index (χ2v) is 4.99. The van der Waals surface area contributed by atoms with Crippen molar-refractivity contribution in [2.45, 2.75) is 26.7 Å². The van der Waals surface area contributed by atoms with Crippen LogP contribution in [0.15, 0.2) is 17.1 Å². The van der Waals surface area contributed by atoms with Crippen molar-refractivity contribution in [3.63, 3.8) is 0 Å². The Hall–Kier alpha value is -1.31. The van der Waals surface area contributed by atoms with Gasteiger partial charge >= 0.3 is 0 Å². The number of nitrogens with zero attached hydrogens (tertiary/aromatic N) is 3. The van der Waals surface area contributed by atoms with E-state index in [4.69, 9.17) is 0 Å². The molecule has 0 atom stereocenters. The standard InChI is InChI=1S/C12H13IN4O/c1-3-4-8-10(13)12(18)17-11(16-8)9-5-6-14-7(2)15-9/h5-6H,3-4H2,1-2H3,(H,16,17,18). The molecule has 2 aromatic rings. The first-order valence-electron chi connectivity index (χ1n) is 5.70. The summed E-state index contributed by atoms with van der Waals surface area (Å²) in [6.45, 7) is 3.87. The molecule has 5 nitrogen and oxygen atoms in total. The molecule has 0 amide bonds. The van der Waals surface area contributed by atoms with Crippen LogP contribution >= 0.6 is 22.6 Å². The number of hydrogen-bond acceptors (Lipinski definition) is 4. The van der Waals surface area contributed by atoms with Crippen molar-refractivity contribution in [1.82, 2.24) is 19.9 Å². The molecule has 0 bridgehead atoms. The Morgan fingerprint density at radius 1 is 1.39 bits per heavy atom. The van der Waals surface area contributed by atoms with Crippen molar-refractivity contribution in [3.05, 3.63) is 37.7 Å². The van der Waals surface area contributed by atoms with Gasteiger partial charge in [0.25, 0.3) is 5.56 Å². The van der Waals surface area contributed by atoms with Crippen LogP contribution in [-0.2, 0) is 6.42 Å². The largest absolute Gasteiger partial charge is 0.304 e. The van der Waals surface area contributed by atoms with E-state index in [1.165, 1.54) is 0 Å². The minimum Gasteiger partial charge on any atom is -0.304 e. The number of aryl methyl sites for hydroxylation is 2. The summed E-state index contributed by atoms with van der Waals surface area (Å²) >= 11 is 2.03. The Labute approximate surface area is 118 Å². The number of H-pyrrole nitrogens is 1.